The van der Waals surface area contributed by atoms with Crippen LogP contribution < -0.4 is 0 Å². The largest absolute Gasteiger partial charge is 0.268 e. The smallest absolute Gasteiger partial charge is 0.201 e. The maximum atomic E-state index is 7.39. The number of hydrogen-bond donors (Lipinski definition) is 0. The minimum absolute atomic E-state index is 0.571. The summed E-state index contributed by atoms with van der Waals surface area (Å²) in [5.74, 6) is 0. The molecule has 0 fully saturated rings. The number of benzene rings is 2. The Labute approximate surface area is 231 Å². The molecule has 0 saturated carbocycles. The first-order valence-electron chi connectivity index (χ1n) is 10.4. The predicted molar refractivity (Wildman–Crippen MR) is 149 cm³/mol. The van der Waals surface area contributed by atoms with Gasteiger partial charge in [0.1, 0.15) is 0 Å². The van der Waals surface area contributed by atoms with Gasteiger partial charge in [-0.2, -0.15) is 10.2 Å². The fourth-order valence-corrected chi connectivity index (χ4v) is 5.27. The van der Waals surface area contributed by atoms with Crippen LogP contribution in [0.4, 0.5) is 11.4 Å². The third-order valence-corrected chi connectivity index (χ3v) is 7.39. The van der Waals surface area contributed by atoms with Crippen molar-refractivity contribution in [3.05, 3.63) is 89.6 Å². The summed E-state index contributed by atoms with van der Waals surface area (Å²) in [7, 11) is 3.70. The van der Waals surface area contributed by atoms with Crippen LogP contribution in [0.25, 0.3) is 32.2 Å². The second-order valence-corrected chi connectivity index (χ2v) is 10.0. The van der Waals surface area contributed by atoms with E-state index in [9.17, 15) is 0 Å². The lowest BCUT2D eigenvalue weighted by Gasteiger charge is -2.11. The molecule has 178 valence electrons. The van der Waals surface area contributed by atoms with Crippen molar-refractivity contribution in [2.45, 2.75) is 20.3 Å². The normalized spacial score (nSPS) is 10.3. The van der Waals surface area contributed by atoms with Gasteiger partial charge in [-0.3, -0.25) is 9.36 Å². The number of halogens is 4. The molecule has 6 nitrogen and oxygen atoms in total. The Morgan fingerprint density at radius 3 is 1.69 bits per heavy atom. The van der Waals surface area contributed by atoms with Gasteiger partial charge < -0.3 is 0 Å². The monoisotopic (exact) mass is 632 g/mol. The summed E-state index contributed by atoms with van der Waals surface area (Å²) >= 11 is 19.1. The van der Waals surface area contributed by atoms with Gasteiger partial charge >= 0.3 is 0 Å². The lowest BCUT2D eigenvalue weighted by Crippen LogP contribution is -1.95. The molecule has 4 aromatic rings. The van der Waals surface area contributed by atoms with E-state index in [-0.39, 0.29) is 0 Å². The van der Waals surface area contributed by atoms with Gasteiger partial charge in [0.15, 0.2) is 0 Å². The fourth-order valence-electron chi connectivity index (χ4n) is 3.70. The van der Waals surface area contributed by atoms with Crippen LogP contribution >= 0.6 is 55.1 Å². The third-order valence-electron chi connectivity index (χ3n) is 5.47. The van der Waals surface area contributed by atoms with E-state index in [4.69, 9.17) is 36.3 Å². The topological polar surface area (TPSA) is 44.4 Å². The van der Waals surface area contributed by atoms with Gasteiger partial charge in [0, 0.05) is 35.3 Å². The Hall–Kier alpha value is -2.62. The summed E-state index contributed by atoms with van der Waals surface area (Å²) in [5.41, 5.74) is 6.34. The second kappa shape index (κ2) is 11.4. The molecule has 2 aromatic heterocycles. The molecule has 0 aliphatic heterocycles. The summed E-state index contributed by atoms with van der Waals surface area (Å²) in [6.07, 6.45) is 4.18. The Morgan fingerprint density at radius 1 is 0.829 bits per heavy atom. The average Bonchev–Trinajstić information content (AvgIpc) is 3.35. The highest BCUT2D eigenvalue weighted by Gasteiger charge is 2.18. The molecule has 2 aromatic carbocycles. The molecule has 0 radical (unpaired) electrons. The Bertz CT molecular complexity index is 1450. The summed E-state index contributed by atoms with van der Waals surface area (Å²) in [4.78, 5) is 7.22. The Balaban J connectivity index is 0.000000196. The van der Waals surface area contributed by atoms with Crippen LogP contribution in [0.5, 0.6) is 0 Å². The summed E-state index contributed by atoms with van der Waals surface area (Å²) in [5, 5.41) is 9.59. The van der Waals surface area contributed by atoms with Crippen molar-refractivity contribution in [3.63, 3.8) is 0 Å². The van der Waals surface area contributed by atoms with Crippen LogP contribution in [-0.2, 0) is 20.5 Å². The molecule has 0 aliphatic carbocycles. The molecule has 0 N–H and O–H groups in total. The van der Waals surface area contributed by atoms with Crippen LogP contribution in [-0.4, -0.2) is 19.6 Å². The Kier molecular flexibility index (Phi) is 8.79. The predicted octanol–water partition coefficient (Wildman–Crippen LogP) is 8.98. The molecule has 0 bridgehead atoms. The summed E-state index contributed by atoms with van der Waals surface area (Å²) in [6, 6.07) is 7.37. The van der Waals surface area contributed by atoms with Crippen molar-refractivity contribution in [2.75, 3.05) is 0 Å². The van der Waals surface area contributed by atoms with Crippen LogP contribution in [0.1, 0.15) is 18.1 Å². The first-order valence-corrected chi connectivity index (χ1v) is 12.7. The van der Waals surface area contributed by atoms with Gasteiger partial charge in [-0.25, -0.2) is 9.69 Å². The van der Waals surface area contributed by atoms with Gasteiger partial charge in [-0.15, -0.1) is 0 Å². The molecule has 0 atom stereocenters. The lowest BCUT2D eigenvalue weighted by atomic mass is 10.0. The van der Waals surface area contributed by atoms with E-state index >= 15 is 0 Å². The van der Waals surface area contributed by atoms with Crippen molar-refractivity contribution in [2.24, 2.45) is 14.1 Å². The van der Waals surface area contributed by atoms with E-state index in [0.29, 0.717) is 21.4 Å². The van der Waals surface area contributed by atoms with Crippen molar-refractivity contribution in [1.82, 2.24) is 19.6 Å². The molecule has 0 unspecified atom stereocenters. The van der Waals surface area contributed by atoms with Gasteiger partial charge in [-0.05, 0) is 68.5 Å². The molecular weight excluding hydrogens is 615 g/mol. The molecule has 2 heterocycles. The molecule has 0 aliphatic rings. The van der Waals surface area contributed by atoms with E-state index in [1.807, 2.05) is 46.1 Å². The van der Waals surface area contributed by atoms with Gasteiger partial charge in [0.2, 0.25) is 11.4 Å². The zero-order valence-electron chi connectivity index (χ0n) is 19.4. The number of aromatic nitrogens is 4. The maximum absolute atomic E-state index is 7.39. The van der Waals surface area contributed by atoms with E-state index in [1.165, 1.54) is 0 Å². The molecule has 0 amide bonds. The van der Waals surface area contributed by atoms with Crippen molar-refractivity contribution in [1.29, 1.82) is 0 Å². The highest BCUT2D eigenvalue weighted by atomic mass is 79.9. The first-order chi connectivity index (χ1) is 16.7. The van der Waals surface area contributed by atoms with Crippen LogP contribution in [0.15, 0.2) is 45.6 Å². The zero-order chi connectivity index (χ0) is 25.9. The molecular formula is C25H20Br2Cl2N6. The van der Waals surface area contributed by atoms with E-state index in [2.05, 4.69) is 51.7 Å². The highest BCUT2D eigenvalue weighted by molar-refractivity contribution is 9.11. The lowest BCUT2D eigenvalue weighted by molar-refractivity contribution is 0.776. The fraction of sp³-hybridized carbons (Fsp3) is 0.200. The SMILES string of the molecule is [C-]#[N+]c1c(-c2c(Br)cnn2C)ccc(Cl)c1C.[C-]#[N+]c1c(-c2c(Br)cnn2C)ccc(Cl)c1CC. The van der Waals surface area contributed by atoms with Crippen LogP contribution in [0.3, 0.4) is 0 Å². The Morgan fingerprint density at radius 2 is 1.29 bits per heavy atom. The molecule has 35 heavy (non-hydrogen) atoms. The van der Waals surface area contributed by atoms with Crippen LogP contribution in [0, 0.1) is 20.1 Å². The molecule has 10 heteroatoms. The van der Waals surface area contributed by atoms with Gasteiger partial charge in [-0.1, -0.05) is 42.3 Å². The second-order valence-electron chi connectivity index (χ2n) is 7.50. The third kappa shape index (κ3) is 5.32. The standard InChI is InChI=1S/C13H11BrClN3.C12H9BrClN3/c1-4-8-11(15)6-5-9(12(8)16-2)13-10(14)7-17-18(13)3;1-7-10(14)5-4-8(11(7)15-2)12-9(13)6-16-17(12)3/h5-7H,4H2,1,3H3;4-6H,1,3H3. The number of aryl methyl sites for hydroxylation is 2. The van der Waals surface area contributed by atoms with Crippen molar-refractivity contribution < 1.29 is 0 Å². The van der Waals surface area contributed by atoms with E-state index in [0.717, 1.165) is 49.0 Å². The zero-order valence-corrected chi connectivity index (χ0v) is 24.1. The van der Waals surface area contributed by atoms with E-state index < -0.39 is 0 Å². The number of nitrogens with zero attached hydrogens (tertiary/aromatic N) is 6. The molecule has 0 spiro atoms. The summed E-state index contributed by atoms with van der Waals surface area (Å²) < 4.78 is 5.23. The molecule has 4 rings (SSSR count). The van der Waals surface area contributed by atoms with Crippen LogP contribution in [0.2, 0.25) is 10.0 Å². The van der Waals surface area contributed by atoms with Crippen molar-refractivity contribution >= 4 is 66.4 Å². The van der Waals surface area contributed by atoms with Crippen molar-refractivity contribution in [3.8, 4) is 22.5 Å². The number of hydrogen-bond acceptors (Lipinski definition) is 2. The highest BCUT2D eigenvalue weighted by Crippen LogP contribution is 2.41. The van der Waals surface area contributed by atoms with Gasteiger partial charge in [0.25, 0.3) is 0 Å². The molecule has 0 saturated heterocycles. The number of rotatable bonds is 3. The minimum atomic E-state index is 0.571. The average molecular weight is 635 g/mol. The van der Waals surface area contributed by atoms with Gasteiger partial charge in [0.05, 0.1) is 45.9 Å². The maximum Gasteiger partial charge on any atom is 0.201 e. The minimum Gasteiger partial charge on any atom is -0.268 e. The summed E-state index contributed by atoms with van der Waals surface area (Å²) in [6.45, 7) is 18.5. The first kappa shape index (κ1) is 27.0. The van der Waals surface area contributed by atoms with E-state index in [1.54, 1.807) is 27.8 Å². The quantitative estimate of drug-likeness (QED) is 0.211.